The maximum absolute atomic E-state index is 5.05. The Morgan fingerprint density at radius 1 is 1.28 bits per heavy atom. The van der Waals surface area contributed by atoms with Gasteiger partial charge in [0.15, 0.2) is 5.17 Å². The van der Waals surface area contributed by atoms with Crippen LogP contribution in [0.5, 0.6) is 0 Å². The third kappa shape index (κ3) is 3.43. The van der Waals surface area contributed by atoms with Crippen molar-refractivity contribution in [3.8, 4) is 0 Å². The third-order valence-electron chi connectivity index (χ3n) is 4.51. The molecule has 2 atom stereocenters. The van der Waals surface area contributed by atoms with Crippen molar-refractivity contribution in [1.29, 1.82) is 0 Å². The normalized spacial score (nSPS) is 34.6. The van der Waals surface area contributed by atoms with Crippen LogP contribution in [0, 0.1) is 11.3 Å². The Hall–Kier alpha value is -0.180. The Kier molecular flexibility index (Phi) is 4.63. The van der Waals surface area contributed by atoms with Crippen LogP contribution in [0.3, 0.4) is 0 Å². The second-order valence-corrected chi connectivity index (χ2v) is 7.90. The van der Waals surface area contributed by atoms with Crippen LogP contribution >= 0.6 is 11.8 Å². The van der Waals surface area contributed by atoms with Crippen molar-refractivity contribution >= 4 is 16.9 Å². The molecule has 0 aromatic carbocycles. The van der Waals surface area contributed by atoms with E-state index in [1.54, 1.807) is 0 Å². The molecule has 3 heteroatoms. The van der Waals surface area contributed by atoms with Crippen LogP contribution in [0.2, 0.25) is 0 Å². The van der Waals surface area contributed by atoms with E-state index in [0.29, 0.717) is 23.4 Å². The molecule has 0 radical (unpaired) electrons. The molecule has 0 amide bonds. The molecule has 1 N–H and O–H groups in total. The fraction of sp³-hybridized carbons (Fsp3) is 0.933. The molecule has 18 heavy (non-hydrogen) atoms. The van der Waals surface area contributed by atoms with Gasteiger partial charge in [-0.3, -0.25) is 4.99 Å². The monoisotopic (exact) mass is 268 g/mol. The van der Waals surface area contributed by atoms with Crippen LogP contribution in [0.15, 0.2) is 4.99 Å². The van der Waals surface area contributed by atoms with Gasteiger partial charge in [0.1, 0.15) is 0 Å². The Balaban J connectivity index is 2.03. The van der Waals surface area contributed by atoms with Gasteiger partial charge < -0.3 is 5.32 Å². The van der Waals surface area contributed by atoms with Crippen molar-refractivity contribution < 1.29 is 0 Å². The number of nitrogens with one attached hydrogen (secondary N) is 1. The van der Waals surface area contributed by atoms with Crippen molar-refractivity contribution in [3.63, 3.8) is 0 Å². The fourth-order valence-electron chi connectivity index (χ4n) is 2.99. The number of hydrogen-bond acceptors (Lipinski definition) is 2. The van der Waals surface area contributed by atoms with Gasteiger partial charge in [0.25, 0.3) is 0 Å². The lowest BCUT2D eigenvalue weighted by Gasteiger charge is -2.37. The fourth-order valence-corrected chi connectivity index (χ4v) is 3.99. The van der Waals surface area contributed by atoms with Crippen LogP contribution in [-0.2, 0) is 0 Å². The molecule has 1 aliphatic heterocycles. The number of aliphatic imine (C=N–C) groups is 1. The highest BCUT2D eigenvalue weighted by atomic mass is 32.2. The van der Waals surface area contributed by atoms with Crippen LogP contribution in [-0.4, -0.2) is 23.0 Å². The number of amidine groups is 1. The summed E-state index contributed by atoms with van der Waals surface area (Å²) in [6, 6.07) is 1.14. The number of thioether (sulfide) groups is 1. The molecular formula is C15H28N2S. The highest BCUT2D eigenvalue weighted by Crippen LogP contribution is 2.38. The quantitative estimate of drug-likeness (QED) is 0.816. The summed E-state index contributed by atoms with van der Waals surface area (Å²) in [5.74, 6) is 1.93. The van der Waals surface area contributed by atoms with E-state index in [1.807, 2.05) is 11.8 Å². The third-order valence-corrected chi connectivity index (χ3v) is 5.44. The van der Waals surface area contributed by atoms with Gasteiger partial charge in [-0.25, -0.2) is 0 Å². The smallest absolute Gasteiger partial charge is 0.157 e. The minimum atomic E-state index is 0.387. The Morgan fingerprint density at radius 2 is 2.06 bits per heavy atom. The predicted molar refractivity (Wildman–Crippen MR) is 82.3 cm³/mol. The van der Waals surface area contributed by atoms with E-state index in [2.05, 4.69) is 33.0 Å². The SMILES string of the molecule is CC(C)C1CCSC(=NC2CCCCC2(C)C)N1. The summed E-state index contributed by atoms with van der Waals surface area (Å²) >= 11 is 1.92. The van der Waals surface area contributed by atoms with Crippen LogP contribution in [0.1, 0.15) is 59.8 Å². The minimum Gasteiger partial charge on any atom is -0.362 e. The van der Waals surface area contributed by atoms with Crippen molar-refractivity contribution in [3.05, 3.63) is 0 Å². The predicted octanol–water partition coefficient (Wildman–Crippen LogP) is 4.06. The average Bonchev–Trinajstić information content (AvgIpc) is 2.32. The van der Waals surface area contributed by atoms with E-state index in [0.717, 1.165) is 0 Å². The molecule has 0 bridgehead atoms. The van der Waals surface area contributed by atoms with Gasteiger partial charge in [0.2, 0.25) is 0 Å². The van der Waals surface area contributed by atoms with E-state index in [4.69, 9.17) is 4.99 Å². The highest BCUT2D eigenvalue weighted by molar-refractivity contribution is 8.13. The second-order valence-electron chi connectivity index (χ2n) is 6.82. The molecule has 1 aliphatic carbocycles. The van der Waals surface area contributed by atoms with Gasteiger partial charge in [-0.05, 0) is 30.6 Å². The van der Waals surface area contributed by atoms with E-state index < -0.39 is 0 Å². The summed E-state index contributed by atoms with van der Waals surface area (Å²) in [5.41, 5.74) is 0.387. The lowest BCUT2D eigenvalue weighted by Crippen LogP contribution is -2.43. The first-order valence-electron chi connectivity index (χ1n) is 7.46. The van der Waals surface area contributed by atoms with Crippen molar-refractivity contribution in [2.24, 2.45) is 16.3 Å². The highest BCUT2D eigenvalue weighted by Gasteiger charge is 2.33. The van der Waals surface area contributed by atoms with E-state index in [-0.39, 0.29) is 0 Å². The zero-order valence-electron chi connectivity index (χ0n) is 12.3. The van der Waals surface area contributed by atoms with Gasteiger partial charge >= 0.3 is 0 Å². The summed E-state index contributed by atoms with van der Waals surface area (Å²) in [6.07, 6.45) is 6.60. The number of rotatable bonds is 2. The Bertz CT molecular complexity index is 310. The molecule has 0 aromatic rings. The van der Waals surface area contributed by atoms with Crippen molar-refractivity contribution in [2.75, 3.05) is 5.75 Å². The molecule has 2 fully saturated rings. The molecule has 0 aromatic heterocycles. The summed E-state index contributed by atoms with van der Waals surface area (Å²) in [6.45, 7) is 9.37. The summed E-state index contributed by atoms with van der Waals surface area (Å²) < 4.78 is 0. The maximum atomic E-state index is 5.05. The summed E-state index contributed by atoms with van der Waals surface area (Å²) in [4.78, 5) is 5.05. The topological polar surface area (TPSA) is 24.4 Å². The molecule has 1 saturated heterocycles. The second kappa shape index (κ2) is 5.85. The molecule has 0 spiro atoms. The molecule has 2 unspecified atom stereocenters. The molecule has 1 heterocycles. The van der Waals surface area contributed by atoms with Crippen LogP contribution in [0.4, 0.5) is 0 Å². The molecule has 2 nitrogen and oxygen atoms in total. The number of nitrogens with zero attached hydrogens (tertiary/aromatic N) is 1. The van der Waals surface area contributed by atoms with Crippen LogP contribution < -0.4 is 5.32 Å². The largest absolute Gasteiger partial charge is 0.362 e. The molecule has 104 valence electrons. The molecule has 2 rings (SSSR count). The first-order chi connectivity index (χ1) is 8.49. The molecule has 2 aliphatic rings. The molecule has 1 saturated carbocycles. The van der Waals surface area contributed by atoms with Crippen molar-refractivity contribution in [2.45, 2.75) is 71.9 Å². The van der Waals surface area contributed by atoms with Crippen molar-refractivity contribution in [1.82, 2.24) is 5.32 Å². The first kappa shape index (κ1) is 14.2. The van der Waals surface area contributed by atoms with Crippen LogP contribution in [0.25, 0.3) is 0 Å². The lowest BCUT2D eigenvalue weighted by atomic mass is 9.73. The van der Waals surface area contributed by atoms with Gasteiger partial charge in [0, 0.05) is 11.8 Å². The van der Waals surface area contributed by atoms with Gasteiger partial charge in [-0.2, -0.15) is 0 Å². The zero-order valence-corrected chi connectivity index (χ0v) is 13.1. The zero-order chi connectivity index (χ0) is 13.2. The lowest BCUT2D eigenvalue weighted by molar-refractivity contribution is 0.203. The minimum absolute atomic E-state index is 0.387. The summed E-state index contributed by atoms with van der Waals surface area (Å²) in [5, 5.41) is 4.86. The Morgan fingerprint density at radius 3 is 2.72 bits per heavy atom. The van der Waals surface area contributed by atoms with Gasteiger partial charge in [-0.15, -0.1) is 0 Å². The standard InChI is InChI=1S/C15H28N2S/c1-11(2)12-8-10-18-14(16-12)17-13-7-5-6-9-15(13,3)4/h11-13H,5-10H2,1-4H3,(H,16,17). The van der Waals surface area contributed by atoms with E-state index >= 15 is 0 Å². The average molecular weight is 268 g/mol. The maximum Gasteiger partial charge on any atom is 0.157 e. The molecular weight excluding hydrogens is 240 g/mol. The summed E-state index contributed by atoms with van der Waals surface area (Å²) in [7, 11) is 0. The number of hydrogen-bond donors (Lipinski definition) is 1. The van der Waals surface area contributed by atoms with E-state index in [1.165, 1.54) is 43.0 Å². The van der Waals surface area contributed by atoms with Gasteiger partial charge in [-0.1, -0.05) is 52.3 Å². The Labute approximate surface area is 116 Å². The van der Waals surface area contributed by atoms with E-state index in [9.17, 15) is 0 Å². The van der Waals surface area contributed by atoms with Gasteiger partial charge in [0.05, 0.1) is 6.04 Å². The first-order valence-corrected chi connectivity index (χ1v) is 8.45.